The van der Waals surface area contributed by atoms with Gasteiger partial charge in [0.05, 0.1) is 6.61 Å². The Morgan fingerprint density at radius 3 is 2.17 bits per heavy atom. The number of anilines is 2. The quantitative estimate of drug-likeness (QED) is 0.429. The van der Waals surface area contributed by atoms with Crippen molar-refractivity contribution in [3.8, 4) is 0 Å². The number of ether oxygens (including phenoxy) is 1. The first kappa shape index (κ1) is 18.3. The molecule has 0 heterocycles. The molecule has 2 amide bonds. The molecule has 0 fully saturated rings. The highest BCUT2D eigenvalue weighted by atomic mass is 32.1. The van der Waals surface area contributed by atoms with Gasteiger partial charge in [-0.05, 0) is 43.4 Å². The van der Waals surface area contributed by atoms with Crippen LogP contribution in [0.5, 0.6) is 0 Å². The second-order valence-corrected chi connectivity index (χ2v) is 4.70. The fourth-order valence-corrected chi connectivity index (χ4v) is 1.71. The standard InChI is InChI=1S/C15H17N3O4S/c1-3-22-14(21)9-8-13(20)18-15(23)17-12-6-4-11(5-7-12)16-10(2)19/h4-9H,3H2,1-2H3,(H,16,19)(H2,17,18,20,23)/b9-8+. The fourth-order valence-electron chi connectivity index (χ4n) is 1.49. The van der Waals surface area contributed by atoms with Gasteiger partial charge in [-0.25, -0.2) is 4.79 Å². The zero-order chi connectivity index (χ0) is 17.2. The molecule has 0 saturated carbocycles. The summed E-state index contributed by atoms with van der Waals surface area (Å²) in [5, 5.41) is 7.91. The summed E-state index contributed by atoms with van der Waals surface area (Å²) in [6.07, 6.45) is 2.05. The number of carbonyl (C=O) groups excluding carboxylic acids is 3. The molecule has 0 radical (unpaired) electrons. The molecule has 3 N–H and O–H groups in total. The molecule has 7 nitrogen and oxygen atoms in total. The number of thiocarbonyl (C=S) groups is 1. The van der Waals surface area contributed by atoms with Crippen molar-refractivity contribution in [1.82, 2.24) is 5.32 Å². The smallest absolute Gasteiger partial charge is 0.330 e. The Morgan fingerprint density at radius 2 is 1.65 bits per heavy atom. The van der Waals surface area contributed by atoms with Crippen molar-refractivity contribution in [3.05, 3.63) is 36.4 Å². The summed E-state index contributed by atoms with van der Waals surface area (Å²) < 4.78 is 4.65. The normalized spacial score (nSPS) is 10.0. The van der Waals surface area contributed by atoms with Crippen LogP contribution < -0.4 is 16.0 Å². The number of nitrogens with one attached hydrogen (secondary N) is 3. The van der Waals surface area contributed by atoms with Crippen LogP contribution in [0.1, 0.15) is 13.8 Å². The maximum absolute atomic E-state index is 11.5. The van der Waals surface area contributed by atoms with Gasteiger partial charge >= 0.3 is 5.97 Å². The predicted octanol–water partition coefficient (Wildman–Crippen LogP) is 1.58. The zero-order valence-corrected chi connectivity index (χ0v) is 13.5. The third kappa shape index (κ3) is 7.72. The Bertz CT molecular complexity index is 626. The van der Waals surface area contributed by atoms with E-state index in [-0.39, 0.29) is 17.6 Å². The lowest BCUT2D eigenvalue weighted by molar-refractivity contribution is -0.137. The van der Waals surface area contributed by atoms with Crippen LogP contribution in [0.4, 0.5) is 11.4 Å². The molecule has 0 aliphatic rings. The van der Waals surface area contributed by atoms with E-state index in [4.69, 9.17) is 12.2 Å². The van der Waals surface area contributed by atoms with E-state index in [0.29, 0.717) is 11.4 Å². The Morgan fingerprint density at radius 1 is 1.09 bits per heavy atom. The zero-order valence-electron chi connectivity index (χ0n) is 12.7. The summed E-state index contributed by atoms with van der Waals surface area (Å²) in [5.41, 5.74) is 1.29. The number of hydrogen-bond acceptors (Lipinski definition) is 5. The van der Waals surface area contributed by atoms with Gasteiger partial charge in [0.2, 0.25) is 11.8 Å². The number of carbonyl (C=O) groups is 3. The topological polar surface area (TPSA) is 96.5 Å². The summed E-state index contributed by atoms with van der Waals surface area (Å²) in [5.74, 6) is -1.32. The minimum absolute atomic E-state index is 0.0794. The van der Waals surface area contributed by atoms with Crippen LogP contribution in [-0.4, -0.2) is 29.5 Å². The van der Waals surface area contributed by atoms with E-state index in [9.17, 15) is 14.4 Å². The van der Waals surface area contributed by atoms with Gasteiger partial charge in [0.25, 0.3) is 0 Å². The van der Waals surface area contributed by atoms with Gasteiger partial charge in [-0.1, -0.05) is 0 Å². The average Bonchev–Trinajstić information content (AvgIpc) is 2.47. The van der Waals surface area contributed by atoms with Crippen LogP contribution >= 0.6 is 12.2 Å². The molecule has 1 aromatic rings. The highest BCUT2D eigenvalue weighted by Gasteiger charge is 2.03. The molecule has 1 rings (SSSR count). The molecular formula is C15H17N3O4S. The van der Waals surface area contributed by atoms with Gasteiger partial charge in [0.15, 0.2) is 5.11 Å². The van der Waals surface area contributed by atoms with Gasteiger partial charge in [-0.3, -0.25) is 14.9 Å². The SMILES string of the molecule is CCOC(=O)/C=C/C(=O)NC(=S)Nc1ccc(NC(C)=O)cc1. The van der Waals surface area contributed by atoms with Gasteiger partial charge < -0.3 is 15.4 Å². The first-order valence-corrected chi connectivity index (χ1v) is 7.16. The maximum atomic E-state index is 11.5. The molecule has 8 heteroatoms. The minimum atomic E-state index is -0.602. The van der Waals surface area contributed by atoms with Crippen LogP contribution in [0.15, 0.2) is 36.4 Å². The molecule has 0 aliphatic heterocycles. The summed E-state index contributed by atoms with van der Waals surface area (Å²) in [7, 11) is 0. The van der Waals surface area contributed by atoms with E-state index in [2.05, 4.69) is 20.7 Å². The van der Waals surface area contributed by atoms with Crippen LogP contribution in [-0.2, 0) is 19.1 Å². The Labute approximate surface area is 139 Å². The minimum Gasteiger partial charge on any atom is -0.463 e. The van der Waals surface area contributed by atoms with Crippen molar-refractivity contribution in [2.75, 3.05) is 17.2 Å². The molecule has 0 atom stereocenters. The number of esters is 1. The molecule has 0 unspecified atom stereocenters. The van der Waals surface area contributed by atoms with E-state index in [1.165, 1.54) is 6.92 Å². The van der Waals surface area contributed by atoms with E-state index in [1.807, 2.05) is 0 Å². The molecule has 0 aromatic heterocycles. The second-order valence-electron chi connectivity index (χ2n) is 4.29. The molecule has 0 spiro atoms. The highest BCUT2D eigenvalue weighted by Crippen LogP contribution is 2.13. The number of rotatable bonds is 5. The molecular weight excluding hydrogens is 318 g/mol. The van der Waals surface area contributed by atoms with Crippen molar-refractivity contribution in [2.45, 2.75) is 13.8 Å². The highest BCUT2D eigenvalue weighted by molar-refractivity contribution is 7.80. The maximum Gasteiger partial charge on any atom is 0.330 e. The number of hydrogen-bond donors (Lipinski definition) is 3. The van der Waals surface area contributed by atoms with Crippen LogP contribution in [0.3, 0.4) is 0 Å². The van der Waals surface area contributed by atoms with Gasteiger partial charge in [0, 0.05) is 30.5 Å². The molecule has 0 bridgehead atoms. The van der Waals surface area contributed by atoms with Crippen LogP contribution in [0.25, 0.3) is 0 Å². The average molecular weight is 335 g/mol. The number of benzene rings is 1. The summed E-state index contributed by atoms with van der Waals surface area (Å²) >= 11 is 4.98. The monoisotopic (exact) mass is 335 g/mol. The third-order valence-corrected chi connectivity index (χ3v) is 2.56. The predicted molar refractivity (Wildman–Crippen MR) is 90.9 cm³/mol. The second kappa shape index (κ2) is 9.31. The van der Waals surface area contributed by atoms with Crippen molar-refractivity contribution >= 4 is 46.5 Å². The van der Waals surface area contributed by atoms with Crippen molar-refractivity contribution in [2.24, 2.45) is 0 Å². The summed E-state index contributed by atoms with van der Waals surface area (Å²) in [6.45, 7) is 3.32. The van der Waals surface area contributed by atoms with E-state index in [1.54, 1.807) is 31.2 Å². The van der Waals surface area contributed by atoms with E-state index < -0.39 is 11.9 Å². The van der Waals surface area contributed by atoms with Crippen molar-refractivity contribution < 1.29 is 19.1 Å². The van der Waals surface area contributed by atoms with Gasteiger partial charge in [-0.2, -0.15) is 0 Å². The molecule has 23 heavy (non-hydrogen) atoms. The Hall–Kier alpha value is -2.74. The first-order chi connectivity index (χ1) is 10.9. The Kier molecular flexibility index (Phi) is 7.41. The Balaban J connectivity index is 2.48. The molecule has 0 aliphatic carbocycles. The van der Waals surface area contributed by atoms with E-state index in [0.717, 1.165) is 12.2 Å². The fraction of sp³-hybridized carbons (Fsp3) is 0.200. The summed E-state index contributed by atoms with van der Waals surface area (Å²) in [4.78, 5) is 33.5. The summed E-state index contributed by atoms with van der Waals surface area (Å²) in [6, 6.07) is 6.76. The third-order valence-electron chi connectivity index (χ3n) is 2.36. The van der Waals surface area contributed by atoms with Crippen molar-refractivity contribution in [1.29, 1.82) is 0 Å². The largest absolute Gasteiger partial charge is 0.463 e. The van der Waals surface area contributed by atoms with Crippen LogP contribution in [0.2, 0.25) is 0 Å². The van der Waals surface area contributed by atoms with Gasteiger partial charge in [0.1, 0.15) is 0 Å². The van der Waals surface area contributed by atoms with E-state index >= 15 is 0 Å². The first-order valence-electron chi connectivity index (χ1n) is 6.75. The lowest BCUT2D eigenvalue weighted by atomic mass is 10.3. The van der Waals surface area contributed by atoms with Crippen LogP contribution in [0, 0.1) is 0 Å². The molecule has 0 saturated heterocycles. The molecule has 1 aromatic carbocycles. The van der Waals surface area contributed by atoms with Crippen molar-refractivity contribution in [3.63, 3.8) is 0 Å². The molecule has 122 valence electrons. The number of amides is 2. The van der Waals surface area contributed by atoms with Gasteiger partial charge in [-0.15, -0.1) is 0 Å². The lowest BCUT2D eigenvalue weighted by Crippen LogP contribution is -2.33. The lowest BCUT2D eigenvalue weighted by Gasteiger charge is -2.09.